The summed E-state index contributed by atoms with van der Waals surface area (Å²) in [5.41, 5.74) is 0.695. The van der Waals surface area contributed by atoms with Crippen LogP contribution in [0.2, 0.25) is 0 Å². The molecule has 1 aliphatic rings. The van der Waals surface area contributed by atoms with E-state index in [1.54, 1.807) is 20.5 Å². The molecule has 8 nitrogen and oxygen atoms in total. The molecule has 0 bridgehead atoms. The number of benzene rings is 1. The first kappa shape index (κ1) is 19.3. The first-order valence-corrected chi connectivity index (χ1v) is 9.14. The minimum absolute atomic E-state index is 0.0760. The highest BCUT2D eigenvalue weighted by Crippen LogP contribution is 2.29. The van der Waals surface area contributed by atoms with E-state index in [2.05, 4.69) is 20.8 Å². The summed E-state index contributed by atoms with van der Waals surface area (Å²) >= 11 is 0. The molecule has 0 saturated carbocycles. The van der Waals surface area contributed by atoms with Gasteiger partial charge in [0.15, 0.2) is 0 Å². The summed E-state index contributed by atoms with van der Waals surface area (Å²) in [6.45, 7) is 3.20. The van der Waals surface area contributed by atoms with Crippen LogP contribution in [0.3, 0.4) is 0 Å². The number of carbonyl (C=O) groups excluding carboxylic acids is 1. The number of rotatable bonds is 10. The van der Waals surface area contributed by atoms with E-state index in [1.165, 1.54) is 0 Å². The predicted octanol–water partition coefficient (Wildman–Crippen LogP) is 0.424. The van der Waals surface area contributed by atoms with Crippen LogP contribution in [-0.4, -0.2) is 61.1 Å². The van der Waals surface area contributed by atoms with Gasteiger partial charge in [-0.1, -0.05) is 12.1 Å². The third-order valence-corrected chi connectivity index (χ3v) is 4.95. The minimum Gasteiger partial charge on any atom is -0.497 e. The molecule has 1 fully saturated rings. The Hall–Kier alpha value is -2.45. The number of hydrogen-bond donors (Lipinski definition) is 2. The molecule has 0 radical (unpaired) electrons. The predicted molar refractivity (Wildman–Crippen MR) is 101 cm³/mol. The highest BCUT2D eigenvalue weighted by Gasteiger charge is 2.44. The van der Waals surface area contributed by atoms with Gasteiger partial charge >= 0.3 is 0 Å². The van der Waals surface area contributed by atoms with Crippen LogP contribution in [0.1, 0.15) is 11.4 Å². The van der Waals surface area contributed by atoms with Crippen molar-refractivity contribution in [2.24, 2.45) is 5.41 Å². The zero-order chi connectivity index (χ0) is 19.1. The van der Waals surface area contributed by atoms with Crippen LogP contribution in [0.4, 0.5) is 0 Å². The number of aromatic nitrogens is 3. The Labute approximate surface area is 159 Å². The molecular formula is C19H27N5O3. The number of methoxy groups -OCH3 is 2. The second-order valence-corrected chi connectivity index (χ2v) is 6.85. The Balaban J connectivity index is 1.55. The number of nitrogens with one attached hydrogen (secondary N) is 2. The Bertz CT molecular complexity index is 757. The van der Waals surface area contributed by atoms with E-state index in [0.29, 0.717) is 45.6 Å². The summed E-state index contributed by atoms with van der Waals surface area (Å²) in [5.74, 6) is 1.73. The molecule has 1 saturated heterocycles. The Morgan fingerprint density at radius 3 is 2.93 bits per heavy atom. The van der Waals surface area contributed by atoms with E-state index in [9.17, 15) is 4.79 Å². The molecule has 0 aliphatic carbocycles. The lowest BCUT2D eigenvalue weighted by Crippen LogP contribution is -2.62. The molecule has 1 aromatic heterocycles. The van der Waals surface area contributed by atoms with E-state index < -0.39 is 5.41 Å². The first-order valence-electron chi connectivity index (χ1n) is 9.14. The molecule has 1 aromatic carbocycles. The van der Waals surface area contributed by atoms with Crippen molar-refractivity contribution in [1.82, 2.24) is 25.4 Å². The van der Waals surface area contributed by atoms with Crippen molar-refractivity contribution in [3.63, 3.8) is 0 Å². The number of hydrogen-bond acceptors (Lipinski definition) is 6. The maximum atomic E-state index is 12.8. The normalized spacial score (nSPS) is 15.2. The van der Waals surface area contributed by atoms with Crippen molar-refractivity contribution in [3.05, 3.63) is 42.0 Å². The minimum atomic E-state index is -0.407. The van der Waals surface area contributed by atoms with Crippen molar-refractivity contribution in [2.75, 3.05) is 40.5 Å². The monoisotopic (exact) mass is 373 g/mol. The molecule has 146 valence electrons. The molecular weight excluding hydrogens is 346 g/mol. The van der Waals surface area contributed by atoms with Crippen LogP contribution in [0.25, 0.3) is 0 Å². The maximum Gasteiger partial charge on any atom is 0.229 e. The van der Waals surface area contributed by atoms with Gasteiger partial charge in [-0.15, -0.1) is 10.2 Å². The summed E-state index contributed by atoms with van der Waals surface area (Å²) in [6, 6.07) is 7.90. The van der Waals surface area contributed by atoms with Crippen molar-refractivity contribution in [2.45, 2.75) is 19.4 Å². The average Bonchev–Trinajstić information content (AvgIpc) is 3.10. The van der Waals surface area contributed by atoms with Gasteiger partial charge in [-0.3, -0.25) is 4.79 Å². The van der Waals surface area contributed by atoms with Gasteiger partial charge in [-0.2, -0.15) is 0 Å². The largest absolute Gasteiger partial charge is 0.497 e. The van der Waals surface area contributed by atoms with Crippen LogP contribution in [0.5, 0.6) is 5.75 Å². The van der Waals surface area contributed by atoms with Gasteiger partial charge in [-0.25, -0.2) is 0 Å². The Kier molecular flexibility index (Phi) is 6.41. The molecule has 27 heavy (non-hydrogen) atoms. The Morgan fingerprint density at radius 2 is 2.22 bits per heavy atom. The third-order valence-electron chi connectivity index (χ3n) is 4.95. The van der Waals surface area contributed by atoms with Gasteiger partial charge in [0.05, 0.1) is 19.1 Å². The van der Waals surface area contributed by atoms with Gasteiger partial charge < -0.3 is 24.7 Å². The molecule has 2 heterocycles. The number of nitrogens with zero attached hydrogens (tertiary/aromatic N) is 3. The number of ether oxygens (including phenoxy) is 2. The second-order valence-electron chi connectivity index (χ2n) is 6.85. The fourth-order valence-corrected chi connectivity index (χ4v) is 3.29. The standard InChI is InChI=1S/C19H27N5O3/c1-26-9-8-24-14-22-23-17(24)6-7-21-18(25)19(12-20-13-19)11-15-4-3-5-16(10-15)27-2/h3-5,10,14,20H,6-9,11-13H2,1-2H3,(H,21,25). The summed E-state index contributed by atoms with van der Waals surface area (Å²) < 4.78 is 12.3. The molecule has 0 spiro atoms. The highest BCUT2D eigenvalue weighted by atomic mass is 16.5. The quantitative estimate of drug-likeness (QED) is 0.628. The van der Waals surface area contributed by atoms with Crippen LogP contribution in [0.15, 0.2) is 30.6 Å². The lowest BCUT2D eigenvalue weighted by atomic mass is 9.75. The van der Waals surface area contributed by atoms with Gasteiger partial charge in [0.1, 0.15) is 17.9 Å². The molecule has 8 heteroatoms. The van der Waals surface area contributed by atoms with Gasteiger partial charge in [-0.05, 0) is 24.1 Å². The van der Waals surface area contributed by atoms with Crippen molar-refractivity contribution in [1.29, 1.82) is 0 Å². The zero-order valence-corrected chi connectivity index (χ0v) is 15.9. The Morgan fingerprint density at radius 1 is 1.37 bits per heavy atom. The topological polar surface area (TPSA) is 90.3 Å². The highest BCUT2D eigenvalue weighted by molar-refractivity contribution is 5.84. The second kappa shape index (κ2) is 8.96. The molecule has 1 aliphatic heterocycles. The van der Waals surface area contributed by atoms with Crippen molar-refractivity contribution >= 4 is 5.91 Å². The summed E-state index contributed by atoms with van der Waals surface area (Å²) in [7, 11) is 3.32. The first-order chi connectivity index (χ1) is 13.2. The summed E-state index contributed by atoms with van der Waals surface area (Å²) in [4.78, 5) is 12.8. The van der Waals surface area contributed by atoms with E-state index in [4.69, 9.17) is 9.47 Å². The van der Waals surface area contributed by atoms with Crippen LogP contribution in [0, 0.1) is 5.41 Å². The van der Waals surface area contributed by atoms with Gasteiger partial charge in [0.2, 0.25) is 5.91 Å². The fraction of sp³-hybridized carbons (Fsp3) is 0.526. The third kappa shape index (κ3) is 4.64. The molecule has 1 amide bonds. The molecule has 2 aromatic rings. The zero-order valence-electron chi connectivity index (χ0n) is 15.9. The van der Waals surface area contributed by atoms with Crippen LogP contribution < -0.4 is 15.4 Å². The van der Waals surface area contributed by atoms with Crippen LogP contribution >= 0.6 is 0 Å². The molecule has 3 rings (SSSR count). The van der Waals surface area contributed by atoms with Crippen molar-refractivity contribution < 1.29 is 14.3 Å². The molecule has 2 N–H and O–H groups in total. The number of amides is 1. The smallest absolute Gasteiger partial charge is 0.229 e. The SMILES string of the molecule is COCCn1cnnc1CCNC(=O)C1(Cc2cccc(OC)c2)CNC1. The molecule has 0 atom stereocenters. The lowest BCUT2D eigenvalue weighted by molar-refractivity contribution is -0.133. The van der Waals surface area contributed by atoms with E-state index in [0.717, 1.165) is 17.1 Å². The van der Waals surface area contributed by atoms with Crippen LogP contribution in [-0.2, 0) is 28.9 Å². The van der Waals surface area contributed by atoms with Gasteiger partial charge in [0, 0.05) is 39.7 Å². The fourth-order valence-electron chi connectivity index (χ4n) is 3.29. The summed E-state index contributed by atoms with van der Waals surface area (Å²) in [5, 5.41) is 14.4. The van der Waals surface area contributed by atoms with E-state index >= 15 is 0 Å². The maximum absolute atomic E-state index is 12.8. The number of carbonyl (C=O) groups is 1. The lowest BCUT2D eigenvalue weighted by Gasteiger charge is -2.41. The summed E-state index contributed by atoms with van der Waals surface area (Å²) in [6.07, 6.45) is 3.02. The van der Waals surface area contributed by atoms with Crippen molar-refractivity contribution in [3.8, 4) is 5.75 Å². The van der Waals surface area contributed by atoms with E-state index in [-0.39, 0.29) is 5.91 Å². The molecule has 0 unspecified atom stereocenters. The van der Waals surface area contributed by atoms with E-state index in [1.807, 2.05) is 28.8 Å². The van der Waals surface area contributed by atoms with Gasteiger partial charge in [0.25, 0.3) is 0 Å². The average molecular weight is 373 g/mol.